The molecule has 0 heterocycles. The number of rotatable bonds is 7. The maximum absolute atomic E-state index is 13.8. The number of carboxylic acids is 1. The van der Waals surface area contributed by atoms with Crippen molar-refractivity contribution < 1.29 is 14.3 Å². The van der Waals surface area contributed by atoms with Crippen LogP contribution in [-0.2, 0) is 0 Å². The molecule has 5 heteroatoms. The van der Waals surface area contributed by atoms with Gasteiger partial charge in [-0.25, -0.2) is 9.18 Å². The molecule has 1 rings (SSSR count). The Bertz CT molecular complexity index is 439. The second kappa shape index (κ2) is 6.80. The molecule has 0 amide bonds. The summed E-state index contributed by atoms with van der Waals surface area (Å²) in [5.41, 5.74) is 0.315. The number of carbonyl (C=O) groups is 1. The van der Waals surface area contributed by atoms with E-state index in [1.54, 1.807) is 11.8 Å². The van der Waals surface area contributed by atoms with E-state index in [0.29, 0.717) is 12.2 Å². The normalized spacial score (nSPS) is 11.4. The molecule has 0 saturated carbocycles. The fraction of sp³-hybridized carbons (Fsp3) is 0.500. The number of carboxylic acid groups (broad SMARTS) is 1. The van der Waals surface area contributed by atoms with Gasteiger partial charge in [0, 0.05) is 11.3 Å². The molecule has 0 spiro atoms. The van der Waals surface area contributed by atoms with E-state index in [1.165, 1.54) is 12.1 Å². The number of hydrogen-bond donors (Lipinski definition) is 2. The molecule has 19 heavy (non-hydrogen) atoms. The Kier molecular flexibility index (Phi) is 5.66. The van der Waals surface area contributed by atoms with Crippen LogP contribution < -0.4 is 5.32 Å². The van der Waals surface area contributed by atoms with E-state index in [2.05, 4.69) is 25.4 Å². The summed E-state index contributed by atoms with van der Waals surface area (Å²) >= 11 is 1.77. The first-order valence-corrected chi connectivity index (χ1v) is 7.52. The molecule has 0 bridgehead atoms. The highest BCUT2D eigenvalue weighted by molar-refractivity contribution is 8.00. The zero-order valence-electron chi connectivity index (χ0n) is 11.5. The number of nitrogens with one attached hydrogen (secondary N) is 1. The average molecular weight is 285 g/mol. The predicted molar refractivity (Wildman–Crippen MR) is 78.7 cm³/mol. The molecule has 0 atom stereocenters. The van der Waals surface area contributed by atoms with Crippen LogP contribution in [0.3, 0.4) is 0 Å². The second-order valence-corrected chi connectivity index (χ2v) is 5.72. The third-order valence-electron chi connectivity index (χ3n) is 3.54. The molecule has 1 aromatic rings. The first-order valence-electron chi connectivity index (χ1n) is 6.30. The first kappa shape index (κ1) is 15.8. The predicted octanol–water partition coefficient (Wildman–Crippen LogP) is 3.86. The molecule has 0 aliphatic rings. The van der Waals surface area contributed by atoms with Crippen molar-refractivity contribution in [2.24, 2.45) is 0 Å². The molecule has 0 aromatic heterocycles. The molecule has 106 valence electrons. The van der Waals surface area contributed by atoms with Crippen LogP contribution in [0.5, 0.6) is 0 Å². The zero-order valence-corrected chi connectivity index (χ0v) is 12.3. The topological polar surface area (TPSA) is 49.3 Å². The molecule has 3 nitrogen and oxygen atoms in total. The number of aromatic carboxylic acids is 1. The summed E-state index contributed by atoms with van der Waals surface area (Å²) in [6.45, 7) is 4.89. The van der Waals surface area contributed by atoms with Crippen molar-refractivity contribution >= 4 is 23.4 Å². The summed E-state index contributed by atoms with van der Waals surface area (Å²) in [4.78, 5) is 10.7. The lowest BCUT2D eigenvalue weighted by atomic mass is 10.0. The molecule has 0 aliphatic heterocycles. The standard InChI is InChI=1S/C14H20FNO2S/c1-4-14(5-2,19-3)9-16-12-7-6-10(13(17)18)8-11(12)15/h6-8,16H,4-5,9H2,1-3H3,(H,17,18). The number of benzene rings is 1. The number of halogens is 1. The Morgan fingerprint density at radius 3 is 2.47 bits per heavy atom. The van der Waals surface area contributed by atoms with E-state index in [1.807, 2.05) is 0 Å². The van der Waals surface area contributed by atoms with Gasteiger partial charge in [-0.05, 0) is 37.3 Å². The van der Waals surface area contributed by atoms with E-state index in [4.69, 9.17) is 5.11 Å². The summed E-state index contributed by atoms with van der Waals surface area (Å²) in [6, 6.07) is 3.94. The van der Waals surface area contributed by atoms with Crippen molar-refractivity contribution in [3.8, 4) is 0 Å². The highest BCUT2D eigenvalue weighted by Gasteiger charge is 2.24. The summed E-state index contributed by atoms with van der Waals surface area (Å²) < 4.78 is 13.8. The van der Waals surface area contributed by atoms with Gasteiger partial charge >= 0.3 is 5.97 Å². The highest BCUT2D eigenvalue weighted by atomic mass is 32.2. The van der Waals surface area contributed by atoms with Crippen LogP contribution in [-0.4, -0.2) is 28.6 Å². The van der Waals surface area contributed by atoms with Gasteiger partial charge in [0.05, 0.1) is 11.3 Å². The van der Waals surface area contributed by atoms with Gasteiger partial charge in [0.2, 0.25) is 0 Å². The van der Waals surface area contributed by atoms with Crippen molar-refractivity contribution in [3.05, 3.63) is 29.6 Å². The summed E-state index contributed by atoms with van der Waals surface area (Å²) in [6.07, 6.45) is 4.04. The van der Waals surface area contributed by atoms with Gasteiger partial charge in [0.1, 0.15) is 5.82 Å². The molecular weight excluding hydrogens is 265 g/mol. The van der Waals surface area contributed by atoms with E-state index in [0.717, 1.165) is 18.9 Å². The van der Waals surface area contributed by atoms with Crippen molar-refractivity contribution in [1.82, 2.24) is 0 Å². The minimum Gasteiger partial charge on any atom is -0.478 e. The molecule has 2 N–H and O–H groups in total. The van der Waals surface area contributed by atoms with Crippen molar-refractivity contribution in [2.45, 2.75) is 31.4 Å². The van der Waals surface area contributed by atoms with E-state index < -0.39 is 11.8 Å². The SMILES string of the molecule is CCC(CC)(CNc1ccc(C(=O)O)cc1F)SC. The first-order chi connectivity index (χ1) is 8.98. The Morgan fingerprint density at radius 1 is 1.42 bits per heavy atom. The van der Waals surface area contributed by atoms with Crippen LogP contribution in [0, 0.1) is 5.82 Å². The Hall–Kier alpha value is -1.23. The number of thioether (sulfide) groups is 1. The van der Waals surface area contributed by atoms with Gasteiger partial charge < -0.3 is 10.4 Å². The van der Waals surface area contributed by atoms with Gasteiger partial charge in [-0.2, -0.15) is 11.8 Å². The highest BCUT2D eigenvalue weighted by Crippen LogP contribution is 2.31. The Labute approximate surface area is 117 Å². The summed E-state index contributed by atoms with van der Waals surface area (Å²) in [7, 11) is 0. The van der Waals surface area contributed by atoms with Crippen LogP contribution in [0.15, 0.2) is 18.2 Å². The molecule has 0 fully saturated rings. The molecule has 0 aliphatic carbocycles. The smallest absolute Gasteiger partial charge is 0.335 e. The van der Waals surface area contributed by atoms with Crippen LogP contribution in [0.4, 0.5) is 10.1 Å². The van der Waals surface area contributed by atoms with Gasteiger partial charge in [-0.3, -0.25) is 0 Å². The van der Waals surface area contributed by atoms with Gasteiger partial charge in [0.25, 0.3) is 0 Å². The van der Waals surface area contributed by atoms with Crippen LogP contribution >= 0.6 is 11.8 Å². The Morgan fingerprint density at radius 2 is 2.05 bits per heavy atom. The van der Waals surface area contributed by atoms with Gasteiger partial charge in [-0.15, -0.1) is 0 Å². The molecule has 1 aromatic carbocycles. The summed E-state index contributed by atoms with van der Waals surface area (Å²) in [5, 5.41) is 11.9. The molecular formula is C14H20FNO2S. The van der Waals surface area contributed by atoms with Crippen LogP contribution in [0.2, 0.25) is 0 Å². The molecule has 0 saturated heterocycles. The lowest BCUT2D eigenvalue weighted by molar-refractivity contribution is 0.0696. The van der Waals surface area contributed by atoms with E-state index in [9.17, 15) is 9.18 Å². The summed E-state index contributed by atoms with van der Waals surface area (Å²) in [5.74, 6) is -1.65. The van der Waals surface area contributed by atoms with E-state index in [-0.39, 0.29) is 10.3 Å². The lowest BCUT2D eigenvalue weighted by Crippen LogP contribution is -2.32. The molecule has 0 unspecified atom stereocenters. The second-order valence-electron chi connectivity index (χ2n) is 4.45. The van der Waals surface area contributed by atoms with Gasteiger partial charge in [0.15, 0.2) is 0 Å². The van der Waals surface area contributed by atoms with Crippen LogP contribution in [0.1, 0.15) is 37.0 Å². The fourth-order valence-corrected chi connectivity index (χ4v) is 2.70. The maximum Gasteiger partial charge on any atom is 0.335 e. The number of hydrogen-bond acceptors (Lipinski definition) is 3. The fourth-order valence-electron chi connectivity index (χ4n) is 1.91. The monoisotopic (exact) mass is 285 g/mol. The van der Waals surface area contributed by atoms with Crippen molar-refractivity contribution in [3.63, 3.8) is 0 Å². The largest absolute Gasteiger partial charge is 0.478 e. The van der Waals surface area contributed by atoms with E-state index >= 15 is 0 Å². The van der Waals surface area contributed by atoms with Gasteiger partial charge in [-0.1, -0.05) is 13.8 Å². The third kappa shape index (κ3) is 3.86. The Balaban J connectivity index is 2.80. The third-order valence-corrected chi connectivity index (χ3v) is 5.13. The maximum atomic E-state index is 13.8. The quantitative estimate of drug-likeness (QED) is 0.798. The van der Waals surface area contributed by atoms with Crippen molar-refractivity contribution in [2.75, 3.05) is 18.1 Å². The minimum absolute atomic E-state index is 0.0369. The molecule has 0 radical (unpaired) electrons. The zero-order chi connectivity index (χ0) is 14.5. The number of anilines is 1. The lowest BCUT2D eigenvalue weighted by Gasteiger charge is -2.30. The average Bonchev–Trinajstić information content (AvgIpc) is 2.42. The minimum atomic E-state index is -1.12. The van der Waals surface area contributed by atoms with Crippen LogP contribution in [0.25, 0.3) is 0 Å². The van der Waals surface area contributed by atoms with Crippen molar-refractivity contribution in [1.29, 1.82) is 0 Å².